The zero-order valence-corrected chi connectivity index (χ0v) is 12.4. The van der Waals surface area contributed by atoms with Crippen molar-refractivity contribution in [3.63, 3.8) is 0 Å². The zero-order valence-electron chi connectivity index (χ0n) is 12.4. The lowest BCUT2D eigenvalue weighted by Gasteiger charge is -2.13. The minimum absolute atomic E-state index is 0.114. The highest BCUT2D eigenvalue weighted by Gasteiger charge is 2.19. The van der Waals surface area contributed by atoms with Crippen LogP contribution in [-0.4, -0.2) is 12.5 Å². The maximum atomic E-state index is 12.1. The molecule has 1 fully saturated rings. The smallest absolute Gasteiger partial charge is 0.224 e. The predicted octanol–water partition coefficient (Wildman–Crippen LogP) is 4.38. The summed E-state index contributed by atoms with van der Waals surface area (Å²) < 4.78 is 5.73. The van der Waals surface area contributed by atoms with E-state index in [9.17, 15) is 4.79 Å². The molecule has 110 valence electrons. The summed E-state index contributed by atoms with van der Waals surface area (Å²) in [6.45, 7) is 2.84. The average molecular weight is 275 g/mol. The zero-order chi connectivity index (χ0) is 14.2. The topological polar surface area (TPSA) is 38.3 Å². The molecule has 20 heavy (non-hydrogen) atoms. The van der Waals surface area contributed by atoms with E-state index in [0.717, 1.165) is 24.3 Å². The summed E-state index contributed by atoms with van der Waals surface area (Å²) in [4.78, 5) is 12.1. The first-order chi connectivity index (χ1) is 9.79. The number of carbonyl (C=O) groups is 1. The van der Waals surface area contributed by atoms with Crippen molar-refractivity contribution in [3.05, 3.63) is 24.3 Å². The van der Waals surface area contributed by atoms with Crippen molar-refractivity contribution >= 4 is 11.6 Å². The molecule has 0 atom stereocenters. The summed E-state index contributed by atoms with van der Waals surface area (Å²) in [6.07, 6.45) is 7.72. The van der Waals surface area contributed by atoms with Crippen LogP contribution in [0, 0.1) is 5.92 Å². The molecule has 1 saturated carbocycles. The van der Waals surface area contributed by atoms with Crippen molar-refractivity contribution in [2.75, 3.05) is 11.9 Å². The number of ether oxygens (including phenoxy) is 1. The summed E-state index contributed by atoms with van der Waals surface area (Å²) >= 11 is 0. The number of carbonyl (C=O) groups excluding carboxylic acids is 1. The molecular weight excluding hydrogens is 250 g/mol. The van der Waals surface area contributed by atoms with Crippen molar-refractivity contribution in [3.8, 4) is 5.75 Å². The van der Waals surface area contributed by atoms with Crippen molar-refractivity contribution in [1.29, 1.82) is 0 Å². The van der Waals surface area contributed by atoms with Crippen molar-refractivity contribution in [2.45, 2.75) is 51.9 Å². The van der Waals surface area contributed by atoms with E-state index in [2.05, 4.69) is 12.2 Å². The van der Waals surface area contributed by atoms with Crippen molar-refractivity contribution in [2.24, 2.45) is 5.92 Å². The molecule has 1 aliphatic carbocycles. The first kappa shape index (κ1) is 14.9. The van der Waals surface area contributed by atoms with Gasteiger partial charge >= 0.3 is 0 Å². The van der Waals surface area contributed by atoms with E-state index >= 15 is 0 Å². The Kier molecular flexibility index (Phi) is 5.90. The Morgan fingerprint density at radius 1 is 1.30 bits per heavy atom. The second-order valence-electron chi connectivity index (χ2n) is 5.60. The van der Waals surface area contributed by atoms with Crippen LogP contribution >= 0.6 is 0 Å². The SMILES string of the molecule is CCCCOc1ccccc1NC(=O)CC1CCCC1. The van der Waals surface area contributed by atoms with Gasteiger partial charge in [0, 0.05) is 6.42 Å². The van der Waals surface area contributed by atoms with Gasteiger partial charge < -0.3 is 10.1 Å². The standard InChI is InChI=1S/C17H25NO2/c1-2-3-12-20-16-11-7-6-10-15(16)18-17(19)13-14-8-4-5-9-14/h6-7,10-11,14H,2-5,8-9,12-13H2,1H3,(H,18,19). The van der Waals surface area contributed by atoms with Gasteiger partial charge in [0.25, 0.3) is 0 Å². The number of nitrogens with one attached hydrogen (secondary N) is 1. The molecule has 1 amide bonds. The Hall–Kier alpha value is -1.51. The average Bonchev–Trinajstić information content (AvgIpc) is 2.93. The molecule has 0 radical (unpaired) electrons. The fourth-order valence-corrected chi connectivity index (χ4v) is 2.70. The first-order valence-electron chi connectivity index (χ1n) is 7.81. The van der Waals surface area contributed by atoms with Crippen LogP contribution < -0.4 is 10.1 Å². The number of unbranched alkanes of at least 4 members (excludes halogenated alkanes) is 1. The predicted molar refractivity (Wildman–Crippen MR) is 82.0 cm³/mol. The summed E-state index contributed by atoms with van der Waals surface area (Å²) in [7, 11) is 0. The number of benzene rings is 1. The molecule has 3 heteroatoms. The molecular formula is C17H25NO2. The highest BCUT2D eigenvalue weighted by Crippen LogP contribution is 2.29. The van der Waals surface area contributed by atoms with Crippen molar-refractivity contribution < 1.29 is 9.53 Å². The van der Waals surface area contributed by atoms with Crippen LogP contribution in [-0.2, 0) is 4.79 Å². The van der Waals surface area contributed by atoms with E-state index in [1.54, 1.807) is 0 Å². The Labute approximate surface area is 121 Å². The van der Waals surface area contributed by atoms with E-state index in [4.69, 9.17) is 4.74 Å². The Bertz CT molecular complexity index is 425. The Balaban J connectivity index is 1.88. The minimum atomic E-state index is 0.114. The number of amides is 1. The summed E-state index contributed by atoms with van der Waals surface area (Å²) in [5.41, 5.74) is 0.798. The first-order valence-corrected chi connectivity index (χ1v) is 7.81. The summed E-state index contributed by atoms with van der Waals surface area (Å²) in [5.74, 6) is 1.47. The molecule has 0 spiro atoms. The molecule has 3 nitrogen and oxygen atoms in total. The number of rotatable bonds is 7. The maximum Gasteiger partial charge on any atom is 0.224 e. The van der Waals surface area contributed by atoms with Crippen LogP contribution in [0.2, 0.25) is 0 Å². The van der Waals surface area contributed by atoms with Gasteiger partial charge in [-0.2, -0.15) is 0 Å². The maximum absolute atomic E-state index is 12.1. The van der Waals surface area contributed by atoms with Gasteiger partial charge in [-0.25, -0.2) is 0 Å². The monoisotopic (exact) mass is 275 g/mol. The minimum Gasteiger partial charge on any atom is -0.491 e. The lowest BCUT2D eigenvalue weighted by molar-refractivity contribution is -0.117. The number of hydrogen-bond acceptors (Lipinski definition) is 2. The normalized spacial score (nSPS) is 15.2. The molecule has 1 aromatic carbocycles. The fraction of sp³-hybridized carbons (Fsp3) is 0.588. The van der Waals surface area contributed by atoms with Gasteiger partial charge in [0.1, 0.15) is 5.75 Å². The third kappa shape index (κ3) is 4.55. The van der Waals surface area contributed by atoms with Crippen molar-refractivity contribution in [1.82, 2.24) is 0 Å². The molecule has 2 rings (SSSR count). The molecule has 1 aliphatic rings. The van der Waals surface area contributed by atoms with Gasteiger partial charge in [-0.1, -0.05) is 38.3 Å². The molecule has 0 aliphatic heterocycles. The molecule has 0 saturated heterocycles. The highest BCUT2D eigenvalue weighted by molar-refractivity contribution is 5.92. The summed E-state index contributed by atoms with van der Waals surface area (Å²) in [5, 5.41) is 3.00. The van der Waals surface area contributed by atoms with E-state index in [0.29, 0.717) is 18.9 Å². The largest absolute Gasteiger partial charge is 0.491 e. The quantitative estimate of drug-likeness (QED) is 0.750. The van der Waals surface area contributed by atoms with Gasteiger partial charge in [0.2, 0.25) is 5.91 Å². The van der Waals surface area contributed by atoms with E-state index in [1.807, 2.05) is 24.3 Å². The molecule has 1 aromatic rings. The lowest BCUT2D eigenvalue weighted by atomic mass is 10.0. The molecule has 1 N–H and O–H groups in total. The van der Waals surface area contributed by atoms with Crippen LogP contribution in [0.25, 0.3) is 0 Å². The third-order valence-electron chi connectivity index (χ3n) is 3.87. The van der Waals surface area contributed by atoms with Gasteiger partial charge in [0.05, 0.1) is 12.3 Å². The third-order valence-corrected chi connectivity index (χ3v) is 3.87. The second-order valence-corrected chi connectivity index (χ2v) is 5.60. The second kappa shape index (κ2) is 7.93. The van der Waals surface area contributed by atoms with E-state index in [1.165, 1.54) is 25.7 Å². The van der Waals surface area contributed by atoms with E-state index < -0.39 is 0 Å². The Morgan fingerprint density at radius 3 is 2.80 bits per heavy atom. The van der Waals surface area contributed by atoms with Crippen LogP contribution in [0.5, 0.6) is 5.75 Å². The summed E-state index contributed by atoms with van der Waals surface area (Å²) in [6, 6.07) is 7.69. The van der Waals surface area contributed by atoms with Crippen LogP contribution in [0.1, 0.15) is 51.9 Å². The van der Waals surface area contributed by atoms with Gasteiger partial charge in [-0.3, -0.25) is 4.79 Å². The van der Waals surface area contributed by atoms with Crippen LogP contribution in [0.15, 0.2) is 24.3 Å². The van der Waals surface area contributed by atoms with Crippen LogP contribution in [0.4, 0.5) is 5.69 Å². The molecule has 0 bridgehead atoms. The van der Waals surface area contributed by atoms with E-state index in [-0.39, 0.29) is 5.91 Å². The van der Waals surface area contributed by atoms with Crippen LogP contribution in [0.3, 0.4) is 0 Å². The number of para-hydroxylation sites is 2. The molecule has 0 aromatic heterocycles. The number of anilines is 1. The van der Waals surface area contributed by atoms with Gasteiger partial charge in [-0.15, -0.1) is 0 Å². The fourth-order valence-electron chi connectivity index (χ4n) is 2.70. The Morgan fingerprint density at radius 2 is 2.05 bits per heavy atom. The highest BCUT2D eigenvalue weighted by atomic mass is 16.5. The molecule has 0 unspecified atom stereocenters. The van der Waals surface area contributed by atoms with Gasteiger partial charge in [0.15, 0.2) is 0 Å². The molecule has 0 heterocycles. The van der Waals surface area contributed by atoms with Gasteiger partial charge in [-0.05, 0) is 37.3 Å². The lowest BCUT2D eigenvalue weighted by Crippen LogP contribution is -2.16. The number of hydrogen-bond donors (Lipinski definition) is 1.